The normalized spacial score (nSPS) is 10.1. The number of hydrogen-bond acceptors (Lipinski definition) is 5. The summed E-state index contributed by atoms with van der Waals surface area (Å²) < 4.78 is 0. The van der Waals surface area contributed by atoms with Crippen LogP contribution < -0.4 is 10.6 Å². The Bertz CT molecular complexity index is 523. The molecule has 0 spiro atoms. The molecule has 0 saturated heterocycles. The summed E-state index contributed by atoms with van der Waals surface area (Å²) in [4.78, 5) is 27.8. The van der Waals surface area contributed by atoms with Gasteiger partial charge in [-0.05, 0) is 17.9 Å². The first-order chi connectivity index (χ1) is 9.25. The fraction of sp³-hybridized carbons (Fsp3) is 0.250. The molecule has 2 amide bonds. The Morgan fingerprint density at radius 1 is 1.26 bits per heavy atom. The van der Waals surface area contributed by atoms with Gasteiger partial charge in [-0.1, -0.05) is 6.07 Å². The van der Waals surface area contributed by atoms with Crippen molar-refractivity contribution in [2.24, 2.45) is 0 Å². The van der Waals surface area contributed by atoms with E-state index >= 15 is 0 Å². The summed E-state index contributed by atoms with van der Waals surface area (Å²) in [6, 6.07) is 3.61. The Labute approximate surface area is 118 Å². The number of thiophene rings is 1. The first kappa shape index (κ1) is 13.7. The second-order valence-electron chi connectivity index (χ2n) is 3.72. The molecule has 0 aliphatic heterocycles. The maximum absolute atomic E-state index is 11.6. The van der Waals surface area contributed by atoms with Crippen molar-refractivity contribution >= 4 is 39.6 Å². The minimum absolute atomic E-state index is 0.0830. The molecule has 7 heteroatoms. The zero-order valence-electron chi connectivity index (χ0n) is 10.1. The molecule has 0 saturated carbocycles. The highest BCUT2D eigenvalue weighted by Crippen LogP contribution is 2.11. The van der Waals surface area contributed by atoms with Crippen molar-refractivity contribution in [2.75, 3.05) is 11.9 Å². The molecular weight excluding hydrogens is 282 g/mol. The van der Waals surface area contributed by atoms with Gasteiger partial charge in [0.15, 0.2) is 5.13 Å². The number of rotatable bonds is 6. The van der Waals surface area contributed by atoms with Crippen molar-refractivity contribution in [1.82, 2.24) is 10.3 Å². The van der Waals surface area contributed by atoms with Gasteiger partial charge in [0, 0.05) is 24.5 Å². The minimum Gasteiger partial charge on any atom is -0.351 e. The van der Waals surface area contributed by atoms with Crippen LogP contribution in [0.15, 0.2) is 29.1 Å². The second kappa shape index (κ2) is 7.01. The lowest BCUT2D eigenvalue weighted by Gasteiger charge is -2.03. The van der Waals surface area contributed by atoms with Gasteiger partial charge < -0.3 is 10.6 Å². The number of carbonyl (C=O) groups excluding carboxylic acids is 2. The van der Waals surface area contributed by atoms with Crippen LogP contribution in [-0.2, 0) is 4.79 Å². The fourth-order valence-corrected chi connectivity index (χ4v) is 2.60. The Kier molecular flexibility index (Phi) is 5.05. The van der Waals surface area contributed by atoms with E-state index in [9.17, 15) is 9.59 Å². The van der Waals surface area contributed by atoms with Gasteiger partial charge in [-0.25, -0.2) is 4.98 Å². The van der Waals surface area contributed by atoms with Crippen LogP contribution in [0.2, 0.25) is 0 Å². The number of hydrogen-bond donors (Lipinski definition) is 2. The van der Waals surface area contributed by atoms with Crippen LogP contribution in [0, 0.1) is 0 Å². The predicted molar refractivity (Wildman–Crippen MR) is 76.6 cm³/mol. The highest BCUT2D eigenvalue weighted by molar-refractivity contribution is 7.13. The van der Waals surface area contributed by atoms with Gasteiger partial charge in [0.05, 0.1) is 4.88 Å². The molecule has 2 rings (SSSR count). The smallest absolute Gasteiger partial charge is 0.261 e. The fourth-order valence-electron chi connectivity index (χ4n) is 1.41. The monoisotopic (exact) mass is 295 g/mol. The molecule has 5 nitrogen and oxygen atoms in total. The van der Waals surface area contributed by atoms with E-state index in [-0.39, 0.29) is 11.8 Å². The summed E-state index contributed by atoms with van der Waals surface area (Å²) in [6.45, 7) is 0.488. The minimum atomic E-state index is -0.0877. The maximum atomic E-state index is 11.6. The molecule has 0 unspecified atom stereocenters. The van der Waals surface area contributed by atoms with Gasteiger partial charge in [-0.15, -0.1) is 22.7 Å². The number of carbonyl (C=O) groups is 2. The van der Waals surface area contributed by atoms with E-state index in [1.54, 1.807) is 17.6 Å². The standard InChI is InChI=1S/C12H13N3O2S2/c16-10(15-12-14-6-8-19-12)4-1-5-13-11(17)9-3-2-7-18-9/h2-3,6-8H,1,4-5H2,(H,13,17)(H,14,15,16). The Balaban J connectivity index is 1.61. The molecular formula is C12H13N3O2S2. The molecule has 0 aliphatic rings. The Morgan fingerprint density at radius 2 is 2.16 bits per heavy atom. The number of nitrogens with zero attached hydrogens (tertiary/aromatic N) is 1. The van der Waals surface area contributed by atoms with Crippen molar-refractivity contribution in [3.05, 3.63) is 34.0 Å². The summed E-state index contributed by atoms with van der Waals surface area (Å²) in [5.41, 5.74) is 0. The summed E-state index contributed by atoms with van der Waals surface area (Å²) in [5, 5.41) is 9.74. The highest BCUT2D eigenvalue weighted by atomic mass is 32.1. The zero-order valence-corrected chi connectivity index (χ0v) is 11.7. The van der Waals surface area contributed by atoms with Crippen molar-refractivity contribution < 1.29 is 9.59 Å². The third-order valence-electron chi connectivity index (χ3n) is 2.29. The first-order valence-electron chi connectivity index (χ1n) is 5.77. The van der Waals surface area contributed by atoms with Gasteiger partial charge in [0.1, 0.15) is 0 Å². The molecule has 0 atom stereocenters. The Hall–Kier alpha value is -1.73. The van der Waals surface area contributed by atoms with E-state index in [1.807, 2.05) is 11.4 Å². The summed E-state index contributed by atoms with van der Waals surface area (Å²) in [5.74, 6) is -0.171. The van der Waals surface area contributed by atoms with Crippen LogP contribution in [0.25, 0.3) is 0 Å². The lowest BCUT2D eigenvalue weighted by atomic mass is 10.3. The molecule has 2 N–H and O–H groups in total. The second-order valence-corrected chi connectivity index (χ2v) is 5.56. The summed E-state index contributed by atoms with van der Waals surface area (Å²) in [6.07, 6.45) is 2.61. The SMILES string of the molecule is O=C(CCCNC(=O)c1cccs1)Nc1nccs1. The molecule has 2 heterocycles. The van der Waals surface area contributed by atoms with Gasteiger partial charge in [-0.2, -0.15) is 0 Å². The van der Waals surface area contributed by atoms with Crippen LogP contribution >= 0.6 is 22.7 Å². The van der Waals surface area contributed by atoms with Gasteiger partial charge >= 0.3 is 0 Å². The van der Waals surface area contributed by atoms with Gasteiger partial charge in [-0.3, -0.25) is 9.59 Å². The molecule has 0 bridgehead atoms. The average molecular weight is 295 g/mol. The molecule has 0 aromatic carbocycles. The third-order valence-corrected chi connectivity index (χ3v) is 3.85. The quantitative estimate of drug-likeness (QED) is 0.804. The van der Waals surface area contributed by atoms with Crippen molar-refractivity contribution in [3.63, 3.8) is 0 Å². The number of aromatic nitrogens is 1. The molecule has 100 valence electrons. The molecule has 0 aliphatic carbocycles. The lowest BCUT2D eigenvalue weighted by Crippen LogP contribution is -2.24. The highest BCUT2D eigenvalue weighted by Gasteiger charge is 2.07. The molecule has 2 aromatic rings. The number of anilines is 1. The maximum Gasteiger partial charge on any atom is 0.261 e. The molecule has 19 heavy (non-hydrogen) atoms. The van der Waals surface area contributed by atoms with Crippen LogP contribution in [0.4, 0.5) is 5.13 Å². The van der Waals surface area contributed by atoms with Gasteiger partial charge in [0.25, 0.3) is 5.91 Å². The zero-order chi connectivity index (χ0) is 13.5. The molecule has 2 aromatic heterocycles. The van der Waals surface area contributed by atoms with Crippen LogP contribution in [0.5, 0.6) is 0 Å². The predicted octanol–water partition coefficient (Wildman–Crippen LogP) is 2.35. The molecule has 0 fully saturated rings. The number of thiazole rings is 1. The summed E-state index contributed by atoms with van der Waals surface area (Å²) >= 11 is 2.78. The number of amides is 2. The van der Waals surface area contributed by atoms with E-state index < -0.39 is 0 Å². The van der Waals surface area contributed by atoms with Crippen LogP contribution in [0.1, 0.15) is 22.5 Å². The van der Waals surface area contributed by atoms with E-state index in [0.29, 0.717) is 29.4 Å². The van der Waals surface area contributed by atoms with Gasteiger partial charge in [0.2, 0.25) is 5.91 Å². The Morgan fingerprint density at radius 3 is 2.84 bits per heavy atom. The molecule has 0 radical (unpaired) electrons. The van der Waals surface area contributed by atoms with Crippen molar-refractivity contribution in [3.8, 4) is 0 Å². The lowest BCUT2D eigenvalue weighted by molar-refractivity contribution is -0.116. The van der Waals surface area contributed by atoms with Crippen LogP contribution in [0.3, 0.4) is 0 Å². The van der Waals surface area contributed by atoms with E-state index in [4.69, 9.17) is 0 Å². The van der Waals surface area contributed by atoms with E-state index in [0.717, 1.165) is 0 Å². The topological polar surface area (TPSA) is 71.1 Å². The summed E-state index contributed by atoms with van der Waals surface area (Å²) in [7, 11) is 0. The third kappa shape index (κ3) is 4.46. The largest absolute Gasteiger partial charge is 0.351 e. The van der Waals surface area contributed by atoms with Crippen molar-refractivity contribution in [2.45, 2.75) is 12.8 Å². The van der Waals surface area contributed by atoms with Crippen LogP contribution in [-0.4, -0.2) is 23.3 Å². The average Bonchev–Trinajstić information content (AvgIpc) is 3.06. The van der Waals surface area contributed by atoms with E-state index in [2.05, 4.69) is 15.6 Å². The first-order valence-corrected chi connectivity index (χ1v) is 7.52. The number of nitrogens with one attached hydrogen (secondary N) is 2. The van der Waals surface area contributed by atoms with E-state index in [1.165, 1.54) is 22.7 Å². The van der Waals surface area contributed by atoms with Crippen molar-refractivity contribution in [1.29, 1.82) is 0 Å².